The topological polar surface area (TPSA) is 23.5 Å². The Bertz CT molecular complexity index is 579. The minimum absolute atomic E-state index is 0.206. The summed E-state index contributed by atoms with van der Waals surface area (Å²) in [6, 6.07) is 17.4. The Morgan fingerprint density at radius 1 is 0.857 bits per heavy atom. The molecule has 2 nitrogen and oxygen atoms in total. The van der Waals surface area contributed by atoms with Crippen molar-refractivity contribution in [1.82, 2.24) is 4.90 Å². The van der Waals surface area contributed by atoms with Crippen molar-refractivity contribution >= 4 is 0 Å². The average molecular weight is 281 g/mol. The van der Waals surface area contributed by atoms with Crippen LogP contribution in [0.25, 0.3) is 0 Å². The van der Waals surface area contributed by atoms with Crippen molar-refractivity contribution in [2.24, 2.45) is 0 Å². The number of rotatable bonds is 6. The number of aryl methyl sites for hydroxylation is 2. The molecule has 0 atom stereocenters. The first-order valence-corrected chi connectivity index (χ1v) is 7.83. The molecule has 0 heterocycles. The van der Waals surface area contributed by atoms with Gasteiger partial charge in [-0.05, 0) is 41.5 Å². The maximum Gasteiger partial charge on any atom is 0.0558 e. The van der Waals surface area contributed by atoms with Crippen LogP contribution in [0.4, 0.5) is 0 Å². The molecule has 1 aliphatic rings. The van der Waals surface area contributed by atoms with Gasteiger partial charge in [-0.25, -0.2) is 0 Å². The van der Waals surface area contributed by atoms with Crippen molar-refractivity contribution in [2.75, 3.05) is 13.2 Å². The molecule has 1 N–H and O–H groups in total. The molecule has 0 saturated carbocycles. The second-order valence-electron chi connectivity index (χ2n) is 5.88. The van der Waals surface area contributed by atoms with E-state index in [-0.39, 0.29) is 6.61 Å². The molecule has 0 unspecified atom stereocenters. The zero-order valence-corrected chi connectivity index (χ0v) is 12.5. The van der Waals surface area contributed by atoms with Gasteiger partial charge < -0.3 is 5.11 Å². The van der Waals surface area contributed by atoms with Crippen LogP contribution in [0.5, 0.6) is 0 Å². The summed E-state index contributed by atoms with van der Waals surface area (Å²) in [5.74, 6) is 0. The van der Waals surface area contributed by atoms with E-state index < -0.39 is 0 Å². The van der Waals surface area contributed by atoms with Crippen LogP contribution in [0, 0.1) is 0 Å². The number of hydrogen-bond donors (Lipinski definition) is 1. The fourth-order valence-corrected chi connectivity index (χ4v) is 3.18. The molecule has 0 saturated heterocycles. The maximum absolute atomic E-state index is 9.31. The van der Waals surface area contributed by atoms with Crippen molar-refractivity contribution in [3.05, 3.63) is 70.8 Å². The summed E-state index contributed by atoms with van der Waals surface area (Å²) >= 11 is 0. The molecular formula is C19H23NO. The quantitative estimate of drug-likeness (QED) is 0.879. The Labute approximate surface area is 127 Å². The summed E-state index contributed by atoms with van der Waals surface area (Å²) < 4.78 is 0. The van der Waals surface area contributed by atoms with E-state index in [0.717, 1.165) is 13.1 Å². The van der Waals surface area contributed by atoms with Gasteiger partial charge >= 0.3 is 0 Å². The smallest absolute Gasteiger partial charge is 0.0558 e. The van der Waals surface area contributed by atoms with E-state index in [1.165, 1.54) is 41.5 Å². The number of hydrogen-bond acceptors (Lipinski definition) is 2. The van der Waals surface area contributed by atoms with Crippen LogP contribution in [-0.4, -0.2) is 23.2 Å². The molecule has 110 valence electrons. The molecule has 0 radical (unpaired) electrons. The van der Waals surface area contributed by atoms with Crippen molar-refractivity contribution in [3.8, 4) is 0 Å². The predicted octanol–water partition coefficient (Wildman–Crippen LogP) is 3.17. The van der Waals surface area contributed by atoms with Crippen molar-refractivity contribution in [2.45, 2.75) is 32.4 Å². The average Bonchev–Trinajstić information content (AvgIpc) is 2.96. The molecule has 2 aromatic carbocycles. The highest BCUT2D eigenvalue weighted by molar-refractivity contribution is 5.35. The van der Waals surface area contributed by atoms with Crippen LogP contribution >= 0.6 is 0 Å². The number of fused-ring (bicyclic) bond motifs is 1. The number of nitrogens with zero attached hydrogens (tertiary/aromatic N) is 1. The number of aliphatic hydroxyl groups excluding tert-OH is 1. The zero-order valence-electron chi connectivity index (χ0n) is 12.5. The number of benzene rings is 2. The molecule has 2 aromatic rings. The van der Waals surface area contributed by atoms with Gasteiger partial charge in [-0.1, -0.05) is 48.5 Å². The Kier molecular flexibility index (Phi) is 4.69. The van der Waals surface area contributed by atoms with Gasteiger partial charge in [0.2, 0.25) is 0 Å². The standard InChI is InChI=1S/C19H23NO/c21-12-11-20(14-16-5-2-1-3-6-16)15-17-9-10-18-7-4-8-19(18)13-17/h1-3,5-6,9-10,13,21H,4,7-8,11-12,14-15H2. The number of aliphatic hydroxyl groups is 1. The second kappa shape index (κ2) is 6.88. The highest BCUT2D eigenvalue weighted by atomic mass is 16.3. The first-order chi connectivity index (χ1) is 10.3. The van der Waals surface area contributed by atoms with E-state index in [9.17, 15) is 5.11 Å². The van der Waals surface area contributed by atoms with E-state index in [2.05, 4.69) is 47.4 Å². The Balaban J connectivity index is 1.70. The third-order valence-electron chi connectivity index (χ3n) is 4.23. The fraction of sp³-hybridized carbons (Fsp3) is 0.368. The van der Waals surface area contributed by atoms with Gasteiger partial charge in [0.15, 0.2) is 0 Å². The lowest BCUT2D eigenvalue weighted by Gasteiger charge is -2.22. The van der Waals surface area contributed by atoms with Crippen LogP contribution in [0.15, 0.2) is 48.5 Å². The Morgan fingerprint density at radius 3 is 2.43 bits per heavy atom. The molecule has 3 rings (SSSR count). The summed E-state index contributed by atoms with van der Waals surface area (Å²) in [5, 5.41) is 9.31. The lowest BCUT2D eigenvalue weighted by Crippen LogP contribution is -2.26. The van der Waals surface area contributed by atoms with Gasteiger partial charge in [-0.15, -0.1) is 0 Å². The maximum atomic E-state index is 9.31. The van der Waals surface area contributed by atoms with Crippen molar-refractivity contribution in [3.63, 3.8) is 0 Å². The highest BCUT2D eigenvalue weighted by Gasteiger charge is 2.12. The van der Waals surface area contributed by atoms with Gasteiger partial charge in [0.05, 0.1) is 6.61 Å². The molecule has 21 heavy (non-hydrogen) atoms. The third-order valence-corrected chi connectivity index (χ3v) is 4.23. The summed E-state index contributed by atoms with van der Waals surface area (Å²) in [6.07, 6.45) is 3.75. The van der Waals surface area contributed by atoms with Crippen LogP contribution < -0.4 is 0 Å². The van der Waals surface area contributed by atoms with Crippen LogP contribution in [0.3, 0.4) is 0 Å². The van der Waals surface area contributed by atoms with E-state index in [0.29, 0.717) is 6.54 Å². The molecular weight excluding hydrogens is 258 g/mol. The first kappa shape index (κ1) is 14.3. The van der Waals surface area contributed by atoms with E-state index in [4.69, 9.17) is 0 Å². The van der Waals surface area contributed by atoms with Gasteiger partial charge in [0.1, 0.15) is 0 Å². The summed E-state index contributed by atoms with van der Waals surface area (Å²) in [4.78, 5) is 2.31. The normalized spacial score (nSPS) is 13.6. The molecule has 1 aliphatic carbocycles. The SMILES string of the molecule is OCCN(Cc1ccccc1)Cc1ccc2c(c1)CCC2. The molecule has 0 aliphatic heterocycles. The molecule has 0 aromatic heterocycles. The van der Waals surface area contributed by atoms with Gasteiger partial charge in [-0.2, -0.15) is 0 Å². The molecule has 2 heteroatoms. The first-order valence-electron chi connectivity index (χ1n) is 7.83. The molecule has 0 bridgehead atoms. The van der Waals surface area contributed by atoms with Crippen LogP contribution in [0.1, 0.15) is 28.7 Å². The van der Waals surface area contributed by atoms with Gasteiger partial charge in [0, 0.05) is 19.6 Å². The van der Waals surface area contributed by atoms with Crippen molar-refractivity contribution in [1.29, 1.82) is 0 Å². The molecule has 0 amide bonds. The lowest BCUT2D eigenvalue weighted by molar-refractivity contribution is 0.184. The summed E-state index contributed by atoms with van der Waals surface area (Å²) in [7, 11) is 0. The minimum atomic E-state index is 0.206. The molecule has 0 spiro atoms. The van der Waals surface area contributed by atoms with E-state index in [1.807, 2.05) is 6.07 Å². The summed E-state index contributed by atoms with van der Waals surface area (Å²) in [5.41, 5.74) is 5.71. The second-order valence-corrected chi connectivity index (χ2v) is 5.88. The van der Waals surface area contributed by atoms with Crippen molar-refractivity contribution < 1.29 is 5.11 Å². The van der Waals surface area contributed by atoms with Crippen LogP contribution in [0.2, 0.25) is 0 Å². The highest BCUT2D eigenvalue weighted by Crippen LogP contribution is 2.23. The largest absolute Gasteiger partial charge is 0.395 e. The fourth-order valence-electron chi connectivity index (χ4n) is 3.18. The Hall–Kier alpha value is -1.64. The van der Waals surface area contributed by atoms with Gasteiger partial charge in [0.25, 0.3) is 0 Å². The van der Waals surface area contributed by atoms with E-state index in [1.54, 1.807) is 0 Å². The molecule has 0 fully saturated rings. The predicted molar refractivity (Wildman–Crippen MR) is 86.1 cm³/mol. The summed E-state index contributed by atoms with van der Waals surface area (Å²) in [6.45, 7) is 2.71. The zero-order chi connectivity index (χ0) is 14.5. The van der Waals surface area contributed by atoms with Gasteiger partial charge in [-0.3, -0.25) is 4.90 Å². The van der Waals surface area contributed by atoms with Crippen LogP contribution in [-0.2, 0) is 25.9 Å². The Morgan fingerprint density at radius 2 is 1.62 bits per heavy atom. The minimum Gasteiger partial charge on any atom is -0.395 e. The van der Waals surface area contributed by atoms with E-state index >= 15 is 0 Å². The lowest BCUT2D eigenvalue weighted by atomic mass is 10.1. The monoisotopic (exact) mass is 281 g/mol. The third kappa shape index (κ3) is 3.72.